The second-order valence-corrected chi connectivity index (χ2v) is 12.2. The second kappa shape index (κ2) is 9.87. The summed E-state index contributed by atoms with van der Waals surface area (Å²) in [5.41, 5.74) is -1.33. The Balaban J connectivity index is 2.06. The lowest BCUT2D eigenvalue weighted by Crippen LogP contribution is -2.61. The number of hydrogen-bond acceptors (Lipinski definition) is 9. The van der Waals surface area contributed by atoms with Crippen LogP contribution in [0.1, 0.15) is 59.8 Å². The lowest BCUT2D eigenvalue weighted by atomic mass is 9.75. The maximum atomic E-state index is 13.0. The number of carbonyl (C=O) groups is 2. The van der Waals surface area contributed by atoms with Crippen molar-refractivity contribution in [1.29, 1.82) is 0 Å². The fraction of sp³-hybridized carbons (Fsp3) is 0.895. The highest BCUT2D eigenvalue weighted by Gasteiger charge is 2.47. The second-order valence-electron chi connectivity index (χ2n) is 9.88. The zero-order valence-corrected chi connectivity index (χ0v) is 19.8. The van der Waals surface area contributed by atoms with E-state index in [0.29, 0.717) is 12.8 Å². The van der Waals surface area contributed by atoms with Gasteiger partial charge in [-0.1, -0.05) is 0 Å². The molecule has 0 aliphatic carbocycles. The Morgan fingerprint density at radius 1 is 1.19 bits per heavy atom. The van der Waals surface area contributed by atoms with Crippen molar-refractivity contribution in [3.63, 3.8) is 0 Å². The molecule has 12 nitrogen and oxygen atoms in total. The molecule has 2 aliphatic heterocycles. The van der Waals surface area contributed by atoms with Gasteiger partial charge in [-0.2, -0.15) is 5.06 Å². The first-order valence-corrected chi connectivity index (χ1v) is 12.5. The topological polar surface area (TPSA) is 168 Å². The van der Waals surface area contributed by atoms with Crippen molar-refractivity contribution in [2.24, 2.45) is 5.92 Å². The molecule has 0 bridgehead atoms. The molecule has 0 spiro atoms. The number of hydroxylamine groups is 2. The summed E-state index contributed by atoms with van der Waals surface area (Å²) in [5.74, 6) is -1.44. The van der Waals surface area contributed by atoms with E-state index in [2.05, 4.69) is 15.5 Å². The zero-order chi connectivity index (χ0) is 24.3. The molecular weight excluding hydrogens is 444 g/mol. The van der Waals surface area contributed by atoms with Gasteiger partial charge in [0.2, 0.25) is 11.8 Å². The molecule has 13 heteroatoms. The Morgan fingerprint density at radius 3 is 2.22 bits per heavy atom. The molecule has 2 rings (SSSR count). The van der Waals surface area contributed by atoms with Crippen molar-refractivity contribution < 1.29 is 33.1 Å². The first kappa shape index (κ1) is 26.3. The van der Waals surface area contributed by atoms with E-state index >= 15 is 0 Å². The molecule has 1 atom stereocenters. The van der Waals surface area contributed by atoms with Crippen molar-refractivity contribution >= 4 is 21.7 Å². The highest BCUT2D eigenvalue weighted by Crippen LogP contribution is 2.40. The van der Waals surface area contributed by atoms with Gasteiger partial charge in [0.1, 0.15) is 15.9 Å². The van der Waals surface area contributed by atoms with E-state index in [4.69, 9.17) is 0 Å². The number of nitrogens with zero attached hydrogens (tertiary/aromatic N) is 2. The lowest BCUT2D eigenvalue weighted by Gasteiger charge is -2.51. The molecule has 1 unspecified atom stereocenters. The first-order valence-electron chi connectivity index (χ1n) is 10.7. The van der Waals surface area contributed by atoms with Gasteiger partial charge in [-0.25, -0.2) is 8.42 Å². The SMILES string of the molecule is CC1(C)CC(C(=O)NC(CCO[N+](=O)[O-])C(=O)NC2CCS(=O)(=O)CC2)CC(C)(C)N1O. The van der Waals surface area contributed by atoms with Crippen LogP contribution >= 0.6 is 0 Å². The summed E-state index contributed by atoms with van der Waals surface area (Å²) in [4.78, 5) is 40.6. The Hall–Kier alpha value is -1.99. The van der Waals surface area contributed by atoms with Gasteiger partial charge in [0, 0.05) is 29.5 Å². The first-order chi connectivity index (χ1) is 14.6. The van der Waals surface area contributed by atoms with Crippen LogP contribution in [0.2, 0.25) is 0 Å². The van der Waals surface area contributed by atoms with Crippen LogP contribution in [0.15, 0.2) is 0 Å². The molecule has 2 heterocycles. The van der Waals surface area contributed by atoms with E-state index in [1.54, 1.807) is 0 Å². The molecule has 184 valence electrons. The third kappa shape index (κ3) is 7.01. The minimum atomic E-state index is -3.10. The fourth-order valence-corrected chi connectivity index (χ4v) is 6.09. The third-order valence-electron chi connectivity index (χ3n) is 6.15. The van der Waals surface area contributed by atoms with Gasteiger partial charge in [-0.15, -0.1) is 10.1 Å². The Morgan fingerprint density at radius 2 is 1.72 bits per heavy atom. The molecule has 0 radical (unpaired) electrons. The van der Waals surface area contributed by atoms with Crippen LogP contribution in [-0.2, 0) is 24.3 Å². The monoisotopic (exact) mass is 478 g/mol. The van der Waals surface area contributed by atoms with Gasteiger partial charge in [0.25, 0.3) is 5.09 Å². The van der Waals surface area contributed by atoms with E-state index in [9.17, 15) is 33.3 Å². The maximum absolute atomic E-state index is 13.0. The predicted octanol–water partition coefficient (Wildman–Crippen LogP) is 0.421. The average Bonchev–Trinajstić information content (AvgIpc) is 2.66. The number of carbonyl (C=O) groups excluding carboxylic acids is 2. The van der Waals surface area contributed by atoms with Gasteiger partial charge in [0.15, 0.2) is 0 Å². The number of piperidine rings is 1. The number of amides is 2. The van der Waals surface area contributed by atoms with Crippen molar-refractivity contribution in [2.45, 2.75) is 83.0 Å². The highest BCUT2D eigenvalue weighted by atomic mass is 32.2. The Bertz CT molecular complexity index is 797. The molecule has 0 aromatic heterocycles. The van der Waals surface area contributed by atoms with Crippen LogP contribution in [-0.4, -0.2) is 76.9 Å². The van der Waals surface area contributed by atoms with Crippen molar-refractivity contribution in [3.8, 4) is 0 Å². The molecule has 2 aliphatic rings. The van der Waals surface area contributed by atoms with Gasteiger partial charge in [-0.3, -0.25) is 9.59 Å². The summed E-state index contributed by atoms with van der Waals surface area (Å²) in [7, 11) is -3.10. The summed E-state index contributed by atoms with van der Waals surface area (Å²) < 4.78 is 23.2. The molecule has 3 N–H and O–H groups in total. The third-order valence-corrected chi connectivity index (χ3v) is 7.86. The Kier molecular flexibility index (Phi) is 8.10. The molecule has 2 amide bonds. The van der Waals surface area contributed by atoms with Crippen LogP contribution in [0.3, 0.4) is 0 Å². The summed E-state index contributed by atoms with van der Waals surface area (Å²) in [6, 6.07) is -1.42. The van der Waals surface area contributed by atoms with Crippen LogP contribution in [0.25, 0.3) is 0 Å². The minimum absolute atomic E-state index is 0.0245. The normalized spacial score (nSPS) is 24.3. The standard InChI is InChI=1S/C19H34N4O8S/c1-18(2)11-13(12-19(3,4)22(18)26)16(24)21-15(5-8-31-23(27)28)17(25)20-14-6-9-32(29,30)10-7-14/h13-15,26H,5-12H2,1-4H3,(H,20,25)(H,21,24). The smallest absolute Gasteiger partial charge is 0.294 e. The van der Waals surface area contributed by atoms with Crippen LogP contribution in [0, 0.1) is 16.0 Å². The van der Waals surface area contributed by atoms with Crippen LogP contribution in [0.5, 0.6) is 0 Å². The summed E-state index contributed by atoms with van der Waals surface area (Å²) in [6.45, 7) is 6.90. The molecule has 0 saturated carbocycles. The van der Waals surface area contributed by atoms with Gasteiger partial charge < -0.3 is 20.7 Å². The van der Waals surface area contributed by atoms with Gasteiger partial charge >= 0.3 is 0 Å². The summed E-state index contributed by atoms with van der Waals surface area (Å²) >= 11 is 0. The largest absolute Gasteiger partial charge is 0.352 e. The molecule has 0 aromatic carbocycles. The number of sulfone groups is 1. The van der Waals surface area contributed by atoms with E-state index in [1.807, 2.05) is 27.7 Å². The number of nitrogens with one attached hydrogen (secondary N) is 2. The fourth-order valence-electron chi connectivity index (χ4n) is 4.60. The van der Waals surface area contributed by atoms with Crippen LogP contribution < -0.4 is 10.6 Å². The minimum Gasteiger partial charge on any atom is -0.352 e. The molecular formula is C19H34N4O8S. The Labute approximate surface area is 188 Å². The zero-order valence-electron chi connectivity index (χ0n) is 19.0. The van der Waals surface area contributed by atoms with E-state index in [-0.39, 0.29) is 49.3 Å². The predicted molar refractivity (Wildman–Crippen MR) is 114 cm³/mol. The quantitative estimate of drug-likeness (QED) is 0.331. The van der Waals surface area contributed by atoms with Crippen molar-refractivity contribution in [1.82, 2.24) is 15.7 Å². The highest BCUT2D eigenvalue weighted by molar-refractivity contribution is 7.91. The van der Waals surface area contributed by atoms with E-state index < -0.39 is 43.9 Å². The van der Waals surface area contributed by atoms with Gasteiger partial charge in [-0.05, 0) is 53.4 Å². The number of hydrogen-bond donors (Lipinski definition) is 3. The van der Waals surface area contributed by atoms with E-state index in [1.165, 1.54) is 5.06 Å². The lowest BCUT2D eigenvalue weighted by molar-refractivity contribution is -0.757. The van der Waals surface area contributed by atoms with Crippen molar-refractivity contribution in [2.75, 3.05) is 18.1 Å². The van der Waals surface area contributed by atoms with Crippen LogP contribution in [0.4, 0.5) is 0 Å². The van der Waals surface area contributed by atoms with Crippen molar-refractivity contribution in [3.05, 3.63) is 10.1 Å². The maximum Gasteiger partial charge on any atom is 0.294 e. The van der Waals surface area contributed by atoms with E-state index in [0.717, 1.165) is 0 Å². The summed E-state index contributed by atoms with van der Waals surface area (Å²) in [5, 5.41) is 26.6. The summed E-state index contributed by atoms with van der Waals surface area (Å²) in [6.07, 6.45) is 1.15. The molecule has 2 fully saturated rings. The molecule has 32 heavy (non-hydrogen) atoms. The molecule has 2 saturated heterocycles. The van der Waals surface area contributed by atoms with Gasteiger partial charge in [0.05, 0.1) is 18.1 Å². The number of rotatable bonds is 8. The average molecular weight is 479 g/mol. The molecule has 0 aromatic rings.